The molecule has 7 nitrogen and oxygen atoms in total. The fourth-order valence-corrected chi connectivity index (χ4v) is 1.80. The number of nitro benzene ring substituents is 1. The first kappa shape index (κ1) is 18.9. The number of hydrogen-bond donors (Lipinski definition) is 2. The molecule has 0 saturated carbocycles. The van der Waals surface area contributed by atoms with Gasteiger partial charge in [-0.05, 0) is 17.9 Å². The van der Waals surface area contributed by atoms with Crippen LogP contribution >= 0.6 is 0 Å². The molecule has 0 unspecified atom stereocenters. The van der Waals surface area contributed by atoms with Crippen LogP contribution in [0.1, 0.15) is 25.8 Å². The Morgan fingerprint density at radius 3 is 2.52 bits per heavy atom. The minimum Gasteiger partial charge on any atom is -0.380 e. The number of nitrogens with one attached hydrogen (secondary N) is 2. The Bertz CT molecular complexity index is 501. The monoisotopic (exact) mass is 322 g/mol. The lowest BCUT2D eigenvalue weighted by atomic mass is 10.1. The van der Waals surface area contributed by atoms with Crippen LogP contribution in [-0.2, 0) is 11.3 Å². The molecule has 7 heteroatoms. The van der Waals surface area contributed by atoms with Gasteiger partial charge in [-0.15, -0.1) is 0 Å². The van der Waals surface area contributed by atoms with Crippen LogP contribution in [-0.4, -0.2) is 37.7 Å². The molecule has 0 bridgehead atoms. The van der Waals surface area contributed by atoms with Crippen molar-refractivity contribution in [2.75, 3.05) is 26.8 Å². The van der Waals surface area contributed by atoms with E-state index in [2.05, 4.69) is 29.5 Å². The van der Waals surface area contributed by atoms with E-state index in [-0.39, 0.29) is 5.69 Å². The Balaban J connectivity index is 2.24. The summed E-state index contributed by atoms with van der Waals surface area (Å²) in [5.74, 6) is 1.33. The van der Waals surface area contributed by atoms with Gasteiger partial charge in [0.05, 0.1) is 11.5 Å². The first-order valence-electron chi connectivity index (χ1n) is 7.78. The average molecular weight is 322 g/mol. The third-order valence-electron chi connectivity index (χ3n) is 3.21. The number of benzene rings is 1. The third kappa shape index (κ3) is 8.15. The molecule has 23 heavy (non-hydrogen) atoms. The van der Waals surface area contributed by atoms with Gasteiger partial charge in [0.15, 0.2) is 5.96 Å². The lowest BCUT2D eigenvalue weighted by molar-refractivity contribution is -0.384. The summed E-state index contributed by atoms with van der Waals surface area (Å²) in [6.45, 7) is 6.97. The predicted octanol–water partition coefficient (Wildman–Crippen LogP) is 2.32. The number of hydrogen-bond acceptors (Lipinski definition) is 4. The predicted molar refractivity (Wildman–Crippen MR) is 91.6 cm³/mol. The molecule has 128 valence electrons. The molecule has 0 aliphatic rings. The van der Waals surface area contributed by atoms with E-state index >= 15 is 0 Å². The zero-order chi connectivity index (χ0) is 17.1. The lowest BCUT2D eigenvalue weighted by Gasteiger charge is -2.12. The molecule has 1 aromatic rings. The molecule has 1 aromatic carbocycles. The summed E-state index contributed by atoms with van der Waals surface area (Å²) >= 11 is 0. The van der Waals surface area contributed by atoms with Crippen molar-refractivity contribution in [3.63, 3.8) is 0 Å². The van der Waals surface area contributed by atoms with Crippen molar-refractivity contribution < 1.29 is 9.66 Å². The standard InChI is InChI=1S/C16H26N4O3/c1-13(2)8-10-23-11-9-18-16(17-3)19-12-14-4-6-15(7-5-14)20(21)22/h4-7,13H,8-12H2,1-3H3,(H2,17,18,19). The number of rotatable bonds is 9. The van der Waals surface area contributed by atoms with Crippen LogP contribution in [0.15, 0.2) is 29.3 Å². The third-order valence-corrected chi connectivity index (χ3v) is 3.21. The fourth-order valence-electron chi connectivity index (χ4n) is 1.80. The summed E-state index contributed by atoms with van der Waals surface area (Å²) in [6, 6.07) is 6.45. The largest absolute Gasteiger partial charge is 0.380 e. The van der Waals surface area contributed by atoms with E-state index in [9.17, 15) is 10.1 Å². The minimum absolute atomic E-state index is 0.0924. The molecular weight excluding hydrogens is 296 g/mol. The van der Waals surface area contributed by atoms with Crippen molar-refractivity contribution in [2.24, 2.45) is 10.9 Å². The summed E-state index contributed by atoms with van der Waals surface area (Å²) in [5, 5.41) is 16.9. The summed E-state index contributed by atoms with van der Waals surface area (Å²) in [6.07, 6.45) is 1.06. The van der Waals surface area contributed by atoms with Crippen molar-refractivity contribution in [3.8, 4) is 0 Å². The van der Waals surface area contributed by atoms with E-state index < -0.39 is 4.92 Å². The minimum atomic E-state index is -0.406. The molecule has 0 spiro atoms. The second-order valence-electron chi connectivity index (χ2n) is 5.57. The van der Waals surface area contributed by atoms with Crippen molar-refractivity contribution >= 4 is 11.6 Å². The SMILES string of the molecule is CN=C(NCCOCCC(C)C)NCc1ccc([N+](=O)[O-])cc1. The number of nitrogens with zero attached hydrogens (tertiary/aromatic N) is 2. The first-order chi connectivity index (χ1) is 11.0. The van der Waals surface area contributed by atoms with Crippen LogP contribution in [0.25, 0.3) is 0 Å². The highest BCUT2D eigenvalue weighted by atomic mass is 16.6. The number of guanidine groups is 1. The maximum atomic E-state index is 10.6. The van der Waals surface area contributed by atoms with Gasteiger partial charge in [0.25, 0.3) is 5.69 Å². The molecule has 0 aliphatic carbocycles. The first-order valence-corrected chi connectivity index (χ1v) is 7.78. The molecule has 0 fully saturated rings. The molecule has 0 saturated heterocycles. The van der Waals surface area contributed by atoms with Gasteiger partial charge in [0.2, 0.25) is 0 Å². The molecular formula is C16H26N4O3. The van der Waals surface area contributed by atoms with E-state index in [1.807, 2.05) is 0 Å². The maximum Gasteiger partial charge on any atom is 0.269 e. The van der Waals surface area contributed by atoms with Crippen LogP contribution in [0, 0.1) is 16.0 Å². The number of ether oxygens (including phenoxy) is 1. The van der Waals surface area contributed by atoms with Crippen LogP contribution in [0.4, 0.5) is 5.69 Å². The number of aliphatic imine (C=N–C) groups is 1. The Hall–Kier alpha value is -2.15. The van der Waals surface area contributed by atoms with Gasteiger partial charge in [-0.3, -0.25) is 15.1 Å². The lowest BCUT2D eigenvalue weighted by Crippen LogP contribution is -2.38. The summed E-state index contributed by atoms with van der Waals surface area (Å²) in [7, 11) is 1.70. The molecule has 0 aromatic heterocycles. The molecule has 0 amide bonds. The van der Waals surface area contributed by atoms with Gasteiger partial charge in [-0.2, -0.15) is 0 Å². The van der Waals surface area contributed by atoms with Crippen molar-refractivity contribution in [1.29, 1.82) is 0 Å². The number of nitro groups is 1. The highest BCUT2D eigenvalue weighted by Crippen LogP contribution is 2.11. The highest BCUT2D eigenvalue weighted by Gasteiger charge is 2.04. The zero-order valence-corrected chi connectivity index (χ0v) is 14.0. The second kappa shape index (κ2) is 10.6. The Labute approximate surface area is 137 Å². The van der Waals surface area contributed by atoms with Gasteiger partial charge >= 0.3 is 0 Å². The quantitative estimate of drug-likeness (QED) is 0.239. The average Bonchev–Trinajstić information content (AvgIpc) is 2.53. The van der Waals surface area contributed by atoms with Gasteiger partial charge in [-0.25, -0.2) is 0 Å². The Morgan fingerprint density at radius 2 is 1.96 bits per heavy atom. The van der Waals surface area contributed by atoms with Crippen LogP contribution in [0.2, 0.25) is 0 Å². The Morgan fingerprint density at radius 1 is 1.26 bits per heavy atom. The molecule has 2 N–H and O–H groups in total. The summed E-state index contributed by atoms with van der Waals surface area (Å²) < 4.78 is 5.53. The second-order valence-corrected chi connectivity index (χ2v) is 5.57. The van der Waals surface area contributed by atoms with E-state index in [0.717, 1.165) is 18.6 Å². The zero-order valence-electron chi connectivity index (χ0n) is 14.0. The Kier molecular flexibility index (Phi) is 8.67. The topological polar surface area (TPSA) is 88.8 Å². The van der Waals surface area contributed by atoms with Crippen molar-refractivity contribution in [1.82, 2.24) is 10.6 Å². The van der Waals surface area contributed by atoms with Crippen LogP contribution < -0.4 is 10.6 Å². The van der Waals surface area contributed by atoms with E-state index in [0.29, 0.717) is 31.6 Å². The molecule has 0 aliphatic heterocycles. The van der Waals surface area contributed by atoms with Gasteiger partial charge in [0, 0.05) is 38.9 Å². The molecule has 1 rings (SSSR count). The summed E-state index contributed by atoms with van der Waals surface area (Å²) in [5.41, 5.74) is 1.04. The van der Waals surface area contributed by atoms with Crippen molar-refractivity contribution in [2.45, 2.75) is 26.8 Å². The van der Waals surface area contributed by atoms with Gasteiger partial charge in [0.1, 0.15) is 0 Å². The van der Waals surface area contributed by atoms with E-state index in [1.54, 1.807) is 19.2 Å². The summed E-state index contributed by atoms with van der Waals surface area (Å²) in [4.78, 5) is 14.3. The van der Waals surface area contributed by atoms with Crippen LogP contribution in [0.5, 0.6) is 0 Å². The van der Waals surface area contributed by atoms with E-state index in [4.69, 9.17) is 4.74 Å². The van der Waals surface area contributed by atoms with Crippen LogP contribution in [0.3, 0.4) is 0 Å². The van der Waals surface area contributed by atoms with Gasteiger partial charge < -0.3 is 15.4 Å². The molecule has 0 atom stereocenters. The number of non-ortho nitro benzene ring substituents is 1. The normalized spacial score (nSPS) is 11.6. The fraction of sp³-hybridized carbons (Fsp3) is 0.562. The van der Waals surface area contributed by atoms with Crippen molar-refractivity contribution in [3.05, 3.63) is 39.9 Å². The van der Waals surface area contributed by atoms with Gasteiger partial charge in [-0.1, -0.05) is 26.0 Å². The van der Waals surface area contributed by atoms with E-state index in [1.165, 1.54) is 12.1 Å². The smallest absolute Gasteiger partial charge is 0.269 e. The molecule has 0 heterocycles. The highest BCUT2D eigenvalue weighted by molar-refractivity contribution is 5.79. The maximum absolute atomic E-state index is 10.6. The molecule has 0 radical (unpaired) electrons.